The van der Waals surface area contributed by atoms with E-state index in [0.29, 0.717) is 0 Å². The number of phenols is 1. The van der Waals surface area contributed by atoms with Crippen LogP contribution < -0.4 is 20.1 Å². The number of methoxy groups -OCH3 is 1. The highest BCUT2D eigenvalue weighted by atomic mass is 32.2. The quantitative estimate of drug-likeness (QED) is 0.128. The number of esters is 3. The van der Waals surface area contributed by atoms with Crippen molar-refractivity contribution >= 4 is 57.6 Å². The number of thioether (sulfide) groups is 2. The maximum atomic E-state index is 13.5. The van der Waals surface area contributed by atoms with Crippen LogP contribution in [0.1, 0.15) is 64.7 Å². The third-order valence-electron chi connectivity index (χ3n) is 6.81. The zero-order valence-corrected chi connectivity index (χ0v) is 29.6. The minimum absolute atomic E-state index is 0.0155. The van der Waals surface area contributed by atoms with E-state index in [1.165, 1.54) is 50.4 Å². The van der Waals surface area contributed by atoms with Gasteiger partial charge >= 0.3 is 17.9 Å². The lowest BCUT2D eigenvalue weighted by atomic mass is 10.2. The average Bonchev–Trinajstić information content (AvgIpc) is 3.10. The van der Waals surface area contributed by atoms with E-state index in [0.717, 1.165) is 42.1 Å². The second-order valence-corrected chi connectivity index (χ2v) is 12.7. The molecule has 264 valence electrons. The van der Waals surface area contributed by atoms with Gasteiger partial charge in [-0.05, 0) is 49.7 Å². The maximum absolute atomic E-state index is 13.5. The van der Waals surface area contributed by atoms with Crippen molar-refractivity contribution in [2.45, 2.75) is 45.7 Å². The highest BCUT2D eigenvalue weighted by molar-refractivity contribution is 8.15. The van der Waals surface area contributed by atoms with Gasteiger partial charge in [-0.25, -0.2) is 14.4 Å². The number of amides is 1. The molecule has 2 atom stereocenters. The molecule has 0 aliphatic carbocycles. The van der Waals surface area contributed by atoms with Gasteiger partial charge in [0.05, 0.1) is 12.7 Å². The molecule has 0 saturated carbocycles. The van der Waals surface area contributed by atoms with Gasteiger partial charge in [-0.15, -0.1) is 0 Å². The summed E-state index contributed by atoms with van der Waals surface area (Å²) in [6.45, 7) is 5.06. The Bertz CT molecular complexity index is 1740. The van der Waals surface area contributed by atoms with Gasteiger partial charge in [0.15, 0.2) is 0 Å². The first-order chi connectivity index (χ1) is 23.9. The molecule has 0 spiro atoms. The molecule has 0 bridgehead atoms. The Morgan fingerprint density at radius 2 is 1.28 bits per heavy atom. The van der Waals surface area contributed by atoms with Crippen LogP contribution >= 0.6 is 23.5 Å². The molecule has 0 aromatic heterocycles. The van der Waals surface area contributed by atoms with Crippen LogP contribution in [0, 0.1) is 0 Å². The largest absolute Gasteiger partial charge is 0.507 e. The number of aromatic hydroxyl groups is 1. The van der Waals surface area contributed by atoms with Gasteiger partial charge in [0, 0.05) is 24.1 Å². The molecule has 12 nitrogen and oxygen atoms in total. The normalized spacial score (nSPS) is 12.2. The third kappa shape index (κ3) is 11.8. The predicted octanol–water partition coefficient (Wildman–Crippen LogP) is 5.30. The summed E-state index contributed by atoms with van der Waals surface area (Å²) in [5, 5.41) is 14.8. The van der Waals surface area contributed by atoms with Crippen LogP contribution in [0.3, 0.4) is 0 Å². The van der Waals surface area contributed by atoms with Crippen molar-refractivity contribution in [3.63, 3.8) is 0 Å². The molecule has 0 aliphatic rings. The number of hydrogen-bond acceptors (Lipinski definition) is 13. The zero-order valence-electron chi connectivity index (χ0n) is 27.9. The van der Waals surface area contributed by atoms with Crippen LogP contribution in [-0.4, -0.2) is 69.9 Å². The Morgan fingerprint density at radius 1 is 0.740 bits per heavy atom. The fraction of sp³-hybridized carbons (Fsp3) is 0.278. The summed E-state index contributed by atoms with van der Waals surface area (Å²) >= 11 is 1.64. The Morgan fingerprint density at radius 3 is 1.88 bits per heavy atom. The number of ether oxygens (including phenoxy) is 3. The van der Waals surface area contributed by atoms with Gasteiger partial charge in [-0.1, -0.05) is 79.3 Å². The third-order valence-corrected chi connectivity index (χ3v) is 8.86. The first-order valence-electron chi connectivity index (χ1n) is 15.5. The number of hydrogen-bond donors (Lipinski definition) is 3. The van der Waals surface area contributed by atoms with Crippen LogP contribution in [0.25, 0.3) is 0 Å². The van der Waals surface area contributed by atoms with Crippen LogP contribution in [0.5, 0.6) is 17.2 Å². The van der Waals surface area contributed by atoms with E-state index in [1.807, 2.05) is 13.0 Å². The minimum atomic E-state index is -1.04. The summed E-state index contributed by atoms with van der Waals surface area (Å²) in [4.78, 5) is 76.6. The summed E-state index contributed by atoms with van der Waals surface area (Å²) in [6.07, 6.45) is 3.58. The second-order valence-electron chi connectivity index (χ2n) is 10.7. The monoisotopic (exact) mass is 722 g/mol. The standard InChI is InChI=1S/C36H38N2O10S2/c1-5-6-13-22(2)37-28(36(45)50-20-27(34(43)46-4)38-23(3)39)21-49-35(44)26-16-9-12-19-31(26)48-33(42)25-15-8-11-18-30(25)47-32(41)24-14-7-10-17-29(24)40/h7-19,27-28,37,40H,5-6,20-21H2,1-4H3,(H,38,39)/b22-13+. The minimum Gasteiger partial charge on any atom is -0.507 e. The first kappa shape index (κ1) is 39.4. The van der Waals surface area contributed by atoms with E-state index >= 15 is 0 Å². The summed E-state index contributed by atoms with van der Waals surface area (Å²) in [5.74, 6) is -3.51. The molecule has 0 fully saturated rings. The van der Waals surface area contributed by atoms with Gasteiger partial charge in [0.2, 0.25) is 16.1 Å². The molecule has 0 radical (unpaired) electrons. The van der Waals surface area contributed by atoms with Crippen molar-refractivity contribution < 1.29 is 48.1 Å². The highest BCUT2D eigenvalue weighted by Crippen LogP contribution is 2.28. The number of allylic oxidation sites excluding steroid dienone is 2. The van der Waals surface area contributed by atoms with E-state index in [-0.39, 0.29) is 50.6 Å². The van der Waals surface area contributed by atoms with E-state index in [9.17, 15) is 33.9 Å². The molecule has 2 unspecified atom stereocenters. The lowest BCUT2D eigenvalue weighted by Crippen LogP contribution is -2.43. The lowest BCUT2D eigenvalue weighted by Gasteiger charge is -2.20. The van der Waals surface area contributed by atoms with Gasteiger partial charge in [-0.2, -0.15) is 0 Å². The van der Waals surface area contributed by atoms with Crippen molar-refractivity contribution in [2.24, 2.45) is 0 Å². The van der Waals surface area contributed by atoms with Crippen molar-refractivity contribution in [3.05, 3.63) is 101 Å². The first-order valence-corrected chi connectivity index (χ1v) is 17.4. The molecule has 1 amide bonds. The summed E-state index contributed by atoms with van der Waals surface area (Å²) < 4.78 is 15.7. The van der Waals surface area contributed by atoms with E-state index in [4.69, 9.17) is 14.2 Å². The predicted molar refractivity (Wildman–Crippen MR) is 190 cm³/mol. The van der Waals surface area contributed by atoms with Crippen LogP contribution in [0.4, 0.5) is 0 Å². The van der Waals surface area contributed by atoms with E-state index in [2.05, 4.69) is 10.6 Å². The molecule has 3 rings (SSSR count). The van der Waals surface area contributed by atoms with Gasteiger partial charge in [0.1, 0.15) is 40.5 Å². The molecular formula is C36H38N2O10S2. The van der Waals surface area contributed by atoms with Gasteiger partial charge in [-0.3, -0.25) is 14.4 Å². The molecule has 3 aromatic carbocycles. The SMILES string of the molecule is CCC/C=C(\C)NC(CSC(=O)c1ccccc1OC(=O)c1ccccc1OC(=O)c1ccccc1O)C(=O)SCC(NC(C)=O)C(=O)OC. The van der Waals surface area contributed by atoms with Crippen molar-refractivity contribution in [3.8, 4) is 17.2 Å². The molecule has 0 heterocycles. The number of unbranched alkanes of at least 4 members (excludes halogenated alkanes) is 1. The van der Waals surface area contributed by atoms with E-state index < -0.39 is 41.0 Å². The van der Waals surface area contributed by atoms with Gasteiger partial charge in [0.25, 0.3) is 0 Å². The zero-order chi connectivity index (χ0) is 36.6. The summed E-state index contributed by atoms with van der Waals surface area (Å²) in [6, 6.07) is 15.9. The number of benzene rings is 3. The number of para-hydroxylation sites is 3. The number of nitrogens with one attached hydrogen (secondary N) is 2. The molecule has 0 saturated heterocycles. The Hall–Kier alpha value is -5.08. The van der Waals surface area contributed by atoms with Crippen molar-refractivity contribution in [1.29, 1.82) is 0 Å². The van der Waals surface area contributed by atoms with Crippen LogP contribution in [0.2, 0.25) is 0 Å². The number of carbonyl (C=O) groups excluding carboxylic acids is 6. The fourth-order valence-corrected chi connectivity index (χ4v) is 6.20. The van der Waals surface area contributed by atoms with E-state index in [1.54, 1.807) is 43.3 Å². The Balaban J connectivity index is 1.76. The smallest absolute Gasteiger partial charge is 0.347 e. The topological polar surface area (TPSA) is 174 Å². The van der Waals surface area contributed by atoms with Crippen molar-refractivity contribution in [1.82, 2.24) is 10.6 Å². The summed E-state index contributed by atoms with van der Waals surface area (Å²) in [7, 11) is 1.18. The second kappa shape index (κ2) is 19.8. The molecule has 50 heavy (non-hydrogen) atoms. The fourth-order valence-electron chi connectivity index (χ4n) is 4.33. The summed E-state index contributed by atoms with van der Waals surface area (Å²) in [5.41, 5.74) is 0.585. The van der Waals surface area contributed by atoms with Crippen LogP contribution in [-0.2, 0) is 19.1 Å². The van der Waals surface area contributed by atoms with Gasteiger partial charge < -0.3 is 30.0 Å². The molecule has 3 N–H and O–H groups in total. The number of carbonyl (C=O) groups is 6. The highest BCUT2D eigenvalue weighted by Gasteiger charge is 2.27. The lowest BCUT2D eigenvalue weighted by molar-refractivity contribution is -0.144. The molecule has 14 heteroatoms. The number of phenolic OH excluding ortho intramolecular Hbond substituents is 1. The Kier molecular flexibility index (Phi) is 15.6. The molecule has 0 aliphatic heterocycles. The molecular weight excluding hydrogens is 685 g/mol. The molecule has 3 aromatic rings. The average molecular weight is 723 g/mol. The Labute approximate surface area is 298 Å². The maximum Gasteiger partial charge on any atom is 0.347 e. The number of rotatable bonds is 16. The van der Waals surface area contributed by atoms with Crippen LogP contribution in [0.15, 0.2) is 84.6 Å². The van der Waals surface area contributed by atoms with Crippen molar-refractivity contribution in [2.75, 3.05) is 18.6 Å².